The van der Waals surface area contributed by atoms with Crippen LogP contribution < -0.4 is 5.32 Å². The molecule has 1 aliphatic rings. The summed E-state index contributed by atoms with van der Waals surface area (Å²) in [6, 6.07) is 0. The van der Waals surface area contributed by atoms with Crippen LogP contribution in [0.15, 0.2) is 12.7 Å². The lowest BCUT2D eigenvalue weighted by molar-refractivity contribution is -0.311. The highest BCUT2D eigenvalue weighted by atomic mass is 16.7. The minimum Gasteiger partial charge on any atom is -0.463 e. The number of ether oxygens (including phenoxy) is 6. The zero-order valence-corrected chi connectivity index (χ0v) is 19.9. The first-order chi connectivity index (χ1) is 16.4. The summed E-state index contributed by atoms with van der Waals surface area (Å²) in [4.78, 5) is 58.5. The van der Waals surface area contributed by atoms with Crippen molar-refractivity contribution in [2.24, 2.45) is 0 Å². The average Bonchev–Trinajstić information content (AvgIpc) is 2.77. The average molecular weight is 505 g/mol. The number of aliphatic hydroxyl groups is 2. The number of esters is 4. The van der Waals surface area contributed by atoms with Crippen LogP contribution in [0.4, 0.5) is 0 Å². The molecule has 0 aromatic carbocycles. The highest BCUT2D eigenvalue weighted by molar-refractivity contribution is 5.87. The normalized spacial score (nSPS) is 24.0. The van der Waals surface area contributed by atoms with Gasteiger partial charge < -0.3 is 44.0 Å². The summed E-state index contributed by atoms with van der Waals surface area (Å²) < 4.78 is 32.1. The summed E-state index contributed by atoms with van der Waals surface area (Å²) in [6.45, 7) is 5.05. The fourth-order valence-corrected chi connectivity index (χ4v) is 3.13. The maximum absolute atomic E-state index is 11.8. The summed E-state index contributed by atoms with van der Waals surface area (Å²) in [5, 5.41) is 21.9. The fraction of sp³-hybridized carbons (Fsp3) is 0.667. The molecule has 1 fully saturated rings. The Kier molecular flexibility index (Phi) is 11.7. The van der Waals surface area contributed by atoms with Gasteiger partial charge in [0.2, 0.25) is 5.91 Å². The van der Waals surface area contributed by atoms with Gasteiger partial charge in [-0.3, -0.25) is 24.0 Å². The summed E-state index contributed by atoms with van der Waals surface area (Å²) in [6.07, 6.45) is -6.22. The molecule has 1 saturated heterocycles. The van der Waals surface area contributed by atoms with Gasteiger partial charge in [0, 0.05) is 27.7 Å². The molecule has 3 N–H and O–H groups in total. The SMILES string of the molecule is C=CC(=O)NC(CO)(CO)CO[C@@H]1O[C@H](COC(C)=O)[C@H](OC(C)=O)[C@H](OC(C)=O)[C@H]1OC(C)=O. The van der Waals surface area contributed by atoms with Crippen LogP contribution in [0.2, 0.25) is 0 Å². The number of nitrogens with one attached hydrogen (secondary N) is 1. The van der Waals surface area contributed by atoms with Gasteiger partial charge in [0.25, 0.3) is 0 Å². The van der Waals surface area contributed by atoms with Crippen LogP contribution in [0.3, 0.4) is 0 Å². The Balaban J connectivity index is 3.38. The molecule has 0 bridgehead atoms. The first-order valence-electron chi connectivity index (χ1n) is 10.5. The van der Waals surface area contributed by atoms with E-state index in [0.717, 1.165) is 33.8 Å². The second kappa shape index (κ2) is 13.7. The van der Waals surface area contributed by atoms with Crippen LogP contribution in [-0.4, -0.2) is 103 Å². The van der Waals surface area contributed by atoms with E-state index in [4.69, 9.17) is 28.4 Å². The highest BCUT2D eigenvalue weighted by Crippen LogP contribution is 2.30. The van der Waals surface area contributed by atoms with Crippen molar-refractivity contribution in [3.8, 4) is 0 Å². The number of hydrogen-bond donors (Lipinski definition) is 3. The van der Waals surface area contributed by atoms with Gasteiger partial charge in [-0.05, 0) is 6.08 Å². The summed E-state index contributed by atoms with van der Waals surface area (Å²) in [7, 11) is 0. The van der Waals surface area contributed by atoms with Gasteiger partial charge >= 0.3 is 23.9 Å². The molecule has 0 aromatic heterocycles. The standard InChI is InChI=1S/C21H31NO13/c1-6-16(29)22-21(8-23,9-24)10-31-20-19(34-14(5)28)18(33-13(4)27)17(32-12(3)26)15(35-20)7-30-11(2)25/h6,15,17-20,23-24H,1,7-10H2,2-5H3,(H,22,29)/t15-,17+,18+,19-,20-/m1/s1. The van der Waals surface area contributed by atoms with E-state index in [-0.39, 0.29) is 0 Å². The Morgan fingerprint density at radius 1 is 0.886 bits per heavy atom. The third-order valence-corrected chi connectivity index (χ3v) is 4.65. The largest absolute Gasteiger partial charge is 0.463 e. The zero-order chi connectivity index (χ0) is 26.8. The van der Waals surface area contributed by atoms with E-state index in [1.807, 2.05) is 0 Å². The minimum atomic E-state index is -1.70. The Bertz CT molecular complexity index is 794. The van der Waals surface area contributed by atoms with Crippen LogP contribution in [0.25, 0.3) is 0 Å². The Morgan fingerprint density at radius 2 is 1.40 bits per heavy atom. The lowest BCUT2D eigenvalue weighted by atomic mass is 9.97. The number of aliphatic hydroxyl groups excluding tert-OH is 2. The molecule has 14 heteroatoms. The maximum atomic E-state index is 11.8. The molecule has 14 nitrogen and oxygen atoms in total. The predicted octanol–water partition coefficient (Wildman–Crippen LogP) is -1.89. The molecule has 198 valence electrons. The predicted molar refractivity (Wildman–Crippen MR) is 113 cm³/mol. The summed E-state index contributed by atoms with van der Waals surface area (Å²) >= 11 is 0. The monoisotopic (exact) mass is 505 g/mol. The molecule has 0 aliphatic carbocycles. The molecule has 1 heterocycles. The summed E-state index contributed by atoms with van der Waals surface area (Å²) in [5.74, 6) is -3.87. The van der Waals surface area contributed by atoms with E-state index in [2.05, 4.69) is 11.9 Å². The van der Waals surface area contributed by atoms with E-state index in [1.165, 1.54) is 0 Å². The Labute approximate surface area is 201 Å². The van der Waals surface area contributed by atoms with Gasteiger partial charge in [-0.15, -0.1) is 0 Å². The van der Waals surface area contributed by atoms with Crippen LogP contribution in [0.1, 0.15) is 27.7 Å². The lowest BCUT2D eigenvalue weighted by Crippen LogP contribution is -2.64. The second-order valence-corrected chi connectivity index (χ2v) is 7.67. The minimum absolute atomic E-state index is 0.462. The highest BCUT2D eigenvalue weighted by Gasteiger charge is 2.53. The number of carbonyl (C=O) groups excluding carboxylic acids is 5. The quantitative estimate of drug-likeness (QED) is 0.152. The number of hydrogen-bond acceptors (Lipinski definition) is 13. The van der Waals surface area contributed by atoms with Gasteiger partial charge in [0.05, 0.1) is 19.8 Å². The van der Waals surface area contributed by atoms with Crippen molar-refractivity contribution >= 4 is 29.8 Å². The Hall–Kier alpha value is -3.07. The maximum Gasteiger partial charge on any atom is 0.303 e. The molecule has 1 amide bonds. The zero-order valence-electron chi connectivity index (χ0n) is 19.9. The van der Waals surface area contributed by atoms with Crippen LogP contribution in [0, 0.1) is 0 Å². The Morgan fingerprint density at radius 3 is 1.86 bits per heavy atom. The van der Waals surface area contributed by atoms with Gasteiger partial charge in [-0.1, -0.05) is 6.58 Å². The van der Waals surface area contributed by atoms with E-state index >= 15 is 0 Å². The number of amides is 1. The van der Waals surface area contributed by atoms with Crippen molar-refractivity contribution in [3.63, 3.8) is 0 Å². The van der Waals surface area contributed by atoms with Crippen molar-refractivity contribution in [1.82, 2.24) is 5.32 Å². The molecular weight excluding hydrogens is 474 g/mol. The van der Waals surface area contributed by atoms with E-state index in [0.29, 0.717) is 0 Å². The van der Waals surface area contributed by atoms with Crippen LogP contribution in [0.5, 0.6) is 0 Å². The van der Waals surface area contributed by atoms with Crippen LogP contribution in [-0.2, 0) is 52.4 Å². The first kappa shape index (κ1) is 30.0. The second-order valence-electron chi connectivity index (χ2n) is 7.67. The smallest absolute Gasteiger partial charge is 0.303 e. The van der Waals surface area contributed by atoms with Gasteiger partial charge in [-0.25, -0.2) is 0 Å². The van der Waals surface area contributed by atoms with E-state index in [9.17, 15) is 34.2 Å². The fourth-order valence-electron chi connectivity index (χ4n) is 3.13. The third-order valence-electron chi connectivity index (χ3n) is 4.65. The molecular formula is C21H31NO13. The molecule has 1 rings (SSSR count). The molecule has 5 atom stereocenters. The van der Waals surface area contributed by atoms with E-state index < -0.39 is 92.5 Å². The van der Waals surface area contributed by atoms with Crippen LogP contribution >= 0.6 is 0 Å². The van der Waals surface area contributed by atoms with Crippen molar-refractivity contribution in [2.75, 3.05) is 26.4 Å². The molecule has 0 saturated carbocycles. The molecule has 0 aromatic rings. The van der Waals surface area contributed by atoms with Crippen molar-refractivity contribution < 1.29 is 62.6 Å². The first-order valence-corrected chi connectivity index (χ1v) is 10.5. The molecule has 0 radical (unpaired) electrons. The van der Waals surface area contributed by atoms with Crippen molar-refractivity contribution in [1.29, 1.82) is 0 Å². The molecule has 35 heavy (non-hydrogen) atoms. The van der Waals surface area contributed by atoms with Gasteiger partial charge in [0.1, 0.15) is 18.2 Å². The van der Waals surface area contributed by atoms with Gasteiger partial charge in [-0.2, -0.15) is 0 Å². The van der Waals surface area contributed by atoms with E-state index in [1.54, 1.807) is 0 Å². The van der Waals surface area contributed by atoms with Gasteiger partial charge in [0.15, 0.2) is 24.6 Å². The third kappa shape index (κ3) is 9.24. The molecule has 0 unspecified atom stereocenters. The summed E-state index contributed by atoms with van der Waals surface area (Å²) in [5.41, 5.74) is -1.70. The van der Waals surface area contributed by atoms with Crippen molar-refractivity contribution in [3.05, 3.63) is 12.7 Å². The topological polar surface area (TPSA) is 193 Å². The van der Waals surface area contributed by atoms with Crippen molar-refractivity contribution in [2.45, 2.75) is 63.9 Å². The molecule has 0 spiro atoms. The lowest BCUT2D eigenvalue weighted by Gasteiger charge is -2.44. The molecule has 1 aliphatic heterocycles. The number of carbonyl (C=O) groups is 5. The number of rotatable bonds is 12.